The molecule has 9 atom stereocenters. The molecule has 35 N–H and O–H groups in total. The van der Waals surface area contributed by atoms with Gasteiger partial charge in [-0.15, -0.1) is 0 Å². The molecular formula is C78H106N28O9. The summed E-state index contributed by atoms with van der Waals surface area (Å²) in [6, 6.07) is 26.2. The van der Waals surface area contributed by atoms with E-state index in [1.165, 1.54) is 0 Å². The van der Waals surface area contributed by atoms with Gasteiger partial charge in [0.15, 0.2) is 29.8 Å². The number of H-pyrrole nitrogens is 3. The van der Waals surface area contributed by atoms with E-state index < -0.39 is 125 Å². The van der Waals surface area contributed by atoms with Gasteiger partial charge in [0.05, 0.1) is 6.04 Å². The van der Waals surface area contributed by atoms with Crippen molar-refractivity contribution in [3.8, 4) is 0 Å². The van der Waals surface area contributed by atoms with Gasteiger partial charge < -0.3 is 124 Å². The van der Waals surface area contributed by atoms with Crippen LogP contribution in [0.1, 0.15) is 97.9 Å². The molecule has 0 saturated carbocycles. The number of primary amides is 1. The first-order valence-corrected chi connectivity index (χ1v) is 37.9. The summed E-state index contributed by atoms with van der Waals surface area (Å²) in [6.07, 6.45) is 5.07. The lowest BCUT2D eigenvalue weighted by molar-refractivity contribution is -0.136. The summed E-state index contributed by atoms with van der Waals surface area (Å²) >= 11 is 0. The fourth-order valence-corrected chi connectivity index (χ4v) is 13.4. The molecule has 115 heavy (non-hydrogen) atoms. The van der Waals surface area contributed by atoms with Crippen LogP contribution in [-0.4, -0.2) is 185 Å². The number of hydrogen-bond acceptors (Lipinski definition) is 15. The molecule has 9 amide bonds. The van der Waals surface area contributed by atoms with E-state index in [4.69, 9.17) is 67.2 Å². The number of benzene rings is 5. The third kappa shape index (κ3) is 27.0. The second kappa shape index (κ2) is 43.8. The average Bonchev–Trinajstić information content (AvgIpc) is 1.73. The lowest BCUT2D eigenvalue weighted by Crippen LogP contribution is -2.61. The molecule has 37 heteroatoms. The average molecular weight is 1580 g/mol. The summed E-state index contributed by atoms with van der Waals surface area (Å²) in [5.74, 6) is -10.5. The van der Waals surface area contributed by atoms with E-state index in [1.807, 2.05) is 48.5 Å². The predicted molar refractivity (Wildman–Crippen MR) is 439 cm³/mol. The van der Waals surface area contributed by atoms with Crippen LogP contribution in [0.15, 0.2) is 152 Å². The Morgan fingerprint density at radius 1 is 0.304 bits per heavy atom. The number of carbonyl (C=O) groups excluding carboxylic acids is 9. The Morgan fingerprint density at radius 3 is 0.896 bits per heavy atom. The minimum absolute atomic E-state index is 0.00657. The van der Waals surface area contributed by atoms with Gasteiger partial charge in [0, 0.05) is 109 Å². The van der Waals surface area contributed by atoms with Crippen molar-refractivity contribution >= 4 is 116 Å². The van der Waals surface area contributed by atoms with Crippen LogP contribution in [0.25, 0.3) is 32.7 Å². The zero-order chi connectivity index (χ0) is 82.9. The maximum atomic E-state index is 16.1. The standard InChI is InChI=1S/C78H106N28O9/c79-52(25-13-33-91-74(81)82)66(108)100-57(30-15-35-93-76(85)86)68(110)104-62(40-48-43-98-55-28-12-9-24-51(48)55)72(114)106-64(63(44-18-3-1-4-19-44)45-20-5-2-6-21-45)73(115)102-59(32-17-37-95-78(89)90)67(109)101-58(31-16-36-94-77(87)88)69(111)103-61(39-47-42-97-54-27-11-8-23-50(47)54)71(113)105-60(38-46-41-96-53-26-10-7-22-49(46)53)70(112)99-56(65(80)107)29-14-34-92-75(83)84/h1-12,18-24,26-28,41-43,52,56-64,96-98H,13-17,25,29-40,79H2,(H2,80,107)(H,99,112)(H,100,108)(H,101,109)(H,102,115)(H,103,111)(H,104,110)(H,105,113)(H,106,114)(H4,81,82,91)(H4,83,84,92)(H4,85,86,93)(H4,87,88,94)(H4,89,90,95)/t52-,56-,57-,58-,59-,60-,61-,62-,64?/m0/s1. The van der Waals surface area contributed by atoms with Crippen LogP contribution in [0, 0.1) is 27.0 Å². The highest BCUT2D eigenvalue weighted by molar-refractivity contribution is 6.00. The molecule has 3 heterocycles. The van der Waals surface area contributed by atoms with E-state index in [2.05, 4.69) is 84.1 Å². The monoisotopic (exact) mass is 1580 g/mol. The number of nitrogens with two attached hydrogens (primary N) is 7. The molecule has 37 nitrogen and oxygen atoms in total. The quantitative estimate of drug-likeness (QED) is 0.0124. The van der Waals surface area contributed by atoms with Gasteiger partial charge in [-0.05, 0) is 110 Å². The summed E-state index contributed by atoms with van der Waals surface area (Å²) in [7, 11) is 0. The molecule has 0 spiro atoms. The van der Waals surface area contributed by atoms with Gasteiger partial charge >= 0.3 is 0 Å². The summed E-state index contributed by atoms with van der Waals surface area (Å²) in [6.45, 7) is 0.548. The summed E-state index contributed by atoms with van der Waals surface area (Å²) in [4.78, 5) is 145. The summed E-state index contributed by atoms with van der Waals surface area (Å²) < 4.78 is 0. The largest absolute Gasteiger partial charge is 0.370 e. The fraction of sp³-hybridized carbons (Fsp3) is 0.359. The van der Waals surface area contributed by atoms with E-state index in [1.54, 1.807) is 104 Å². The minimum Gasteiger partial charge on any atom is -0.370 e. The topological polar surface area (TPSA) is 659 Å². The number of rotatable bonds is 46. The van der Waals surface area contributed by atoms with Crippen molar-refractivity contribution in [2.75, 3.05) is 32.7 Å². The summed E-state index contributed by atoms with van der Waals surface area (Å²) in [5, 5.41) is 76.9. The smallest absolute Gasteiger partial charge is 0.244 e. The van der Waals surface area contributed by atoms with Crippen molar-refractivity contribution < 1.29 is 43.2 Å². The minimum atomic E-state index is -1.66. The first-order valence-electron chi connectivity index (χ1n) is 37.9. The molecule has 0 aliphatic rings. The molecule has 0 bridgehead atoms. The van der Waals surface area contributed by atoms with Gasteiger partial charge in [0.1, 0.15) is 48.3 Å². The number of aromatic amines is 3. The molecule has 1 unspecified atom stereocenters. The lowest BCUT2D eigenvalue weighted by atomic mass is 9.84. The third-order valence-corrected chi connectivity index (χ3v) is 19.3. The van der Waals surface area contributed by atoms with Gasteiger partial charge in [0.25, 0.3) is 0 Å². The Balaban J connectivity index is 1.16. The first kappa shape index (κ1) is 86.8. The lowest BCUT2D eigenvalue weighted by Gasteiger charge is -2.32. The number of fused-ring (bicyclic) bond motifs is 3. The van der Waals surface area contributed by atoms with E-state index >= 15 is 28.8 Å². The van der Waals surface area contributed by atoms with Crippen LogP contribution in [0.4, 0.5) is 0 Å². The van der Waals surface area contributed by atoms with Crippen molar-refractivity contribution in [2.24, 2.45) is 40.1 Å². The number of amides is 9. The van der Waals surface area contributed by atoms with Crippen molar-refractivity contribution in [3.63, 3.8) is 0 Å². The maximum absolute atomic E-state index is 16.1. The molecule has 5 aromatic carbocycles. The van der Waals surface area contributed by atoms with Crippen LogP contribution in [0.2, 0.25) is 0 Å². The number of carbonyl (C=O) groups is 9. The Labute approximate surface area is 663 Å². The van der Waals surface area contributed by atoms with Gasteiger partial charge in [-0.25, -0.2) is 0 Å². The van der Waals surface area contributed by atoms with Gasteiger partial charge in [-0.3, -0.25) is 70.2 Å². The van der Waals surface area contributed by atoms with Crippen molar-refractivity contribution in [2.45, 2.75) is 144 Å². The number of hydrogen-bond donors (Lipinski definition) is 28. The van der Waals surface area contributed by atoms with Crippen LogP contribution in [0.5, 0.6) is 0 Å². The second-order valence-corrected chi connectivity index (χ2v) is 27.8. The summed E-state index contributed by atoms with van der Waals surface area (Å²) in [5.41, 5.74) is 45.1. The van der Waals surface area contributed by atoms with E-state index in [9.17, 15) is 14.4 Å². The first-order chi connectivity index (χ1) is 55.2. The van der Waals surface area contributed by atoms with Gasteiger partial charge in [0.2, 0.25) is 53.2 Å². The van der Waals surface area contributed by atoms with Gasteiger partial charge in [-0.1, -0.05) is 115 Å². The van der Waals surface area contributed by atoms with E-state index in [0.717, 1.165) is 10.9 Å². The molecule has 612 valence electrons. The molecule has 0 aliphatic carbocycles. The third-order valence-electron chi connectivity index (χ3n) is 19.3. The molecule has 0 fully saturated rings. The Morgan fingerprint density at radius 2 is 0.565 bits per heavy atom. The van der Waals surface area contributed by atoms with Crippen LogP contribution >= 0.6 is 0 Å². The SMILES string of the molecule is N=C(N)NCCC[C@H](NC(=O)[C@H](Cc1c[nH]c2ccccc12)NC(=O)[C@H](Cc1c[nH]c2ccccc12)NC(=O)[C@H](CCCNC(=N)N)NC(=O)[C@H](CCCNC(=N)N)NC(=O)C(NC(=O)[C@H](Cc1c[nH]c2ccccc12)NC(=O)[C@H](CCCNC(=N)N)NC(=O)[C@@H](N)CCCNC(=N)N)C(c1ccccc1)c1ccccc1)C(N)=O. The molecule has 8 aromatic rings. The molecule has 8 rings (SSSR count). The predicted octanol–water partition coefficient (Wildman–Crippen LogP) is -1.00. The highest BCUT2D eigenvalue weighted by Crippen LogP contribution is 2.30. The van der Waals surface area contributed by atoms with E-state index in [-0.39, 0.29) is 128 Å². The van der Waals surface area contributed by atoms with Gasteiger partial charge in [-0.2, -0.15) is 0 Å². The normalized spacial score (nSPS) is 13.5. The fourth-order valence-electron chi connectivity index (χ4n) is 13.4. The molecule has 3 aromatic heterocycles. The number of nitrogens with one attached hydrogen (secondary N) is 21. The molecule has 0 radical (unpaired) electrons. The molecule has 0 saturated heterocycles. The van der Waals surface area contributed by atoms with Crippen LogP contribution in [0.3, 0.4) is 0 Å². The maximum Gasteiger partial charge on any atom is 0.244 e. The zero-order valence-electron chi connectivity index (χ0n) is 63.7. The Kier molecular flexibility index (Phi) is 33.0. The second-order valence-electron chi connectivity index (χ2n) is 27.8. The highest BCUT2D eigenvalue weighted by Gasteiger charge is 2.40. The Bertz CT molecular complexity index is 4640. The van der Waals surface area contributed by atoms with Crippen molar-refractivity contribution in [1.82, 2.24) is 84.1 Å². The van der Waals surface area contributed by atoms with E-state index in [0.29, 0.717) is 56.0 Å². The number of guanidine groups is 5. The number of para-hydroxylation sites is 3. The number of aromatic nitrogens is 3. The van der Waals surface area contributed by atoms with Crippen LogP contribution < -0.4 is 109 Å². The Hall–Kier alpha value is -13.7. The molecular weight excluding hydrogens is 1470 g/mol. The van der Waals surface area contributed by atoms with Crippen LogP contribution in [-0.2, 0) is 62.4 Å². The highest BCUT2D eigenvalue weighted by atomic mass is 16.2. The molecule has 0 aliphatic heterocycles. The van der Waals surface area contributed by atoms with Crippen molar-refractivity contribution in [3.05, 3.63) is 180 Å². The zero-order valence-corrected chi connectivity index (χ0v) is 63.7. The van der Waals surface area contributed by atoms with Crippen molar-refractivity contribution in [1.29, 1.82) is 27.0 Å².